The lowest BCUT2D eigenvalue weighted by molar-refractivity contribution is 0.241. The minimum Gasteiger partial charge on any atom is -0.493 e. The fourth-order valence-corrected chi connectivity index (χ4v) is 2.03. The van der Waals surface area contributed by atoms with E-state index in [0.29, 0.717) is 11.5 Å². The van der Waals surface area contributed by atoms with Crippen molar-refractivity contribution in [3.63, 3.8) is 0 Å². The molecule has 19 heavy (non-hydrogen) atoms. The summed E-state index contributed by atoms with van der Waals surface area (Å²) in [5.41, 5.74) is 1.46. The summed E-state index contributed by atoms with van der Waals surface area (Å²) in [7, 11) is 0. The summed E-state index contributed by atoms with van der Waals surface area (Å²) >= 11 is 6.07. The Kier molecular flexibility index (Phi) is 4.75. The zero-order valence-electron chi connectivity index (χ0n) is 12.1. The van der Waals surface area contributed by atoms with Crippen LogP contribution in [0.5, 0.6) is 5.75 Å². The molecule has 0 saturated heterocycles. The van der Waals surface area contributed by atoms with Crippen LogP contribution in [-0.4, -0.2) is 12.6 Å². The molecule has 0 radical (unpaired) electrons. The molecule has 3 heteroatoms. The van der Waals surface area contributed by atoms with Crippen LogP contribution in [0, 0.1) is 5.41 Å². The normalized spacial score (nSPS) is 15.6. The number of benzene rings is 1. The van der Waals surface area contributed by atoms with Gasteiger partial charge in [-0.15, -0.1) is 0 Å². The minimum atomic E-state index is 0.304. The van der Waals surface area contributed by atoms with Crippen molar-refractivity contribution in [3.8, 4) is 5.75 Å². The van der Waals surface area contributed by atoms with Gasteiger partial charge in [0.25, 0.3) is 0 Å². The zero-order chi connectivity index (χ0) is 13.9. The summed E-state index contributed by atoms with van der Waals surface area (Å²) < 4.78 is 5.92. The van der Waals surface area contributed by atoms with Crippen LogP contribution < -0.4 is 10.1 Å². The second kappa shape index (κ2) is 6.15. The maximum atomic E-state index is 6.07. The van der Waals surface area contributed by atoms with E-state index in [1.165, 1.54) is 12.8 Å². The summed E-state index contributed by atoms with van der Waals surface area (Å²) in [5, 5.41) is 4.28. The molecule has 2 rings (SSSR count). The van der Waals surface area contributed by atoms with E-state index in [9.17, 15) is 0 Å². The highest BCUT2D eigenvalue weighted by atomic mass is 35.5. The number of rotatable bonds is 6. The maximum absolute atomic E-state index is 6.07. The molecular weight excluding hydrogens is 258 g/mol. The maximum Gasteiger partial charge on any atom is 0.123 e. The summed E-state index contributed by atoms with van der Waals surface area (Å²) in [4.78, 5) is 0. The molecule has 1 fully saturated rings. The Balaban J connectivity index is 1.93. The summed E-state index contributed by atoms with van der Waals surface area (Å²) in [6.45, 7) is 8.28. The van der Waals surface area contributed by atoms with Crippen LogP contribution in [0.1, 0.15) is 45.6 Å². The van der Waals surface area contributed by atoms with Crippen LogP contribution >= 0.6 is 11.6 Å². The summed E-state index contributed by atoms with van der Waals surface area (Å²) in [5.74, 6) is 0.960. The van der Waals surface area contributed by atoms with E-state index >= 15 is 0 Å². The Morgan fingerprint density at radius 3 is 2.68 bits per heavy atom. The lowest BCUT2D eigenvalue weighted by Gasteiger charge is -2.19. The molecule has 1 saturated carbocycles. The number of halogens is 1. The molecule has 0 amide bonds. The lowest BCUT2D eigenvalue weighted by Crippen LogP contribution is -2.17. The van der Waals surface area contributed by atoms with Crippen LogP contribution in [0.25, 0.3) is 0 Å². The van der Waals surface area contributed by atoms with E-state index in [0.717, 1.165) is 35.9 Å². The van der Waals surface area contributed by atoms with Crippen LogP contribution in [0.2, 0.25) is 5.02 Å². The van der Waals surface area contributed by atoms with Gasteiger partial charge in [0, 0.05) is 23.2 Å². The first-order valence-corrected chi connectivity index (χ1v) is 7.46. The van der Waals surface area contributed by atoms with Gasteiger partial charge in [-0.1, -0.05) is 32.4 Å². The topological polar surface area (TPSA) is 21.3 Å². The third-order valence-corrected chi connectivity index (χ3v) is 3.53. The summed E-state index contributed by atoms with van der Waals surface area (Å²) in [6, 6.07) is 6.58. The molecule has 2 nitrogen and oxygen atoms in total. The predicted molar refractivity (Wildman–Crippen MR) is 80.9 cm³/mol. The van der Waals surface area contributed by atoms with E-state index in [1.807, 2.05) is 18.2 Å². The van der Waals surface area contributed by atoms with E-state index in [1.54, 1.807) is 0 Å². The molecule has 0 aliphatic heterocycles. The van der Waals surface area contributed by atoms with Gasteiger partial charge in [-0.25, -0.2) is 0 Å². The monoisotopic (exact) mass is 281 g/mol. The predicted octanol–water partition coefficient (Wildman–Crippen LogP) is 4.41. The molecule has 106 valence electrons. The minimum absolute atomic E-state index is 0.304. The van der Waals surface area contributed by atoms with Gasteiger partial charge in [-0.05, 0) is 42.9 Å². The Morgan fingerprint density at radius 1 is 1.32 bits per heavy atom. The molecular formula is C16H24ClNO. The Labute approximate surface area is 121 Å². The average Bonchev–Trinajstić information content (AvgIpc) is 3.11. The molecule has 1 aliphatic rings. The Bertz CT molecular complexity index is 421. The molecule has 1 N–H and O–H groups in total. The quantitative estimate of drug-likeness (QED) is 0.834. The van der Waals surface area contributed by atoms with Crippen molar-refractivity contribution in [2.75, 3.05) is 6.61 Å². The van der Waals surface area contributed by atoms with Crippen molar-refractivity contribution >= 4 is 11.6 Å². The van der Waals surface area contributed by atoms with Crippen LogP contribution in [-0.2, 0) is 6.54 Å². The smallest absolute Gasteiger partial charge is 0.123 e. The van der Waals surface area contributed by atoms with Crippen molar-refractivity contribution in [1.82, 2.24) is 5.32 Å². The first kappa shape index (κ1) is 14.7. The Hall–Kier alpha value is -0.730. The van der Waals surface area contributed by atoms with Crippen LogP contribution in [0.3, 0.4) is 0 Å². The van der Waals surface area contributed by atoms with Crippen molar-refractivity contribution in [2.45, 2.75) is 52.6 Å². The lowest BCUT2D eigenvalue weighted by atomic mass is 9.93. The molecule has 0 bridgehead atoms. The standard InChI is InChI=1S/C16H24ClNO/c1-16(2,3)8-9-19-15-7-4-13(17)10-12(15)11-18-14-5-6-14/h4,7,10,14,18H,5-6,8-9,11H2,1-3H3. The zero-order valence-corrected chi connectivity index (χ0v) is 12.9. The first-order chi connectivity index (χ1) is 8.94. The number of ether oxygens (including phenoxy) is 1. The molecule has 0 heterocycles. The van der Waals surface area contributed by atoms with Gasteiger partial charge in [0.1, 0.15) is 5.75 Å². The van der Waals surface area contributed by atoms with Gasteiger partial charge in [-0.3, -0.25) is 0 Å². The third kappa shape index (κ3) is 5.42. The van der Waals surface area contributed by atoms with E-state index < -0.39 is 0 Å². The van der Waals surface area contributed by atoms with Gasteiger partial charge in [0.15, 0.2) is 0 Å². The van der Waals surface area contributed by atoms with E-state index in [-0.39, 0.29) is 0 Å². The molecule has 1 aromatic rings. The second-order valence-electron chi connectivity index (χ2n) is 6.57. The third-order valence-electron chi connectivity index (χ3n) is 3.29. The highest BCUT2D eigenvalue weighted by Gasteiger charge is 2.20. The van der Waals surface area contributed by atoms with E-state index in [4.69, 9.17) is 16.3 Å². The second-order valence-corrected chi connectivity index (χ2v) is 7.00. The van der Waals surface area contributed by atoms with Crippen molar-refractivity contribution in [2.24, 2.45) is 5.41 Å². The van der Waals surface area contributed by atoms with Crippen molar-refractivity contribution in [3.05, 3.63) is 28.8 Å². The fraction of sp³-hybridized carbons (Fsp3) is 0.625. The first-order valence-electron chi connectivity index (χ1n) is 7.09. The highest BCUT2D eigenvalue weighted by molar-refractivity contribution is 6.30. The van der Waals surface area contributed by atoms with Gasteiger partial charge in [0.05, 0.1) is 6.61 Å². The SMILES string of the molecule is CC(C)(C)CCOc1ccc(Cl)cc1CNC1CC1. The largest absolute Gasteiger partial charge is 0.493 e. The highest BCUT2D eigenvalue weighted by Crippen LogP contribution is 2.26. The molecule has 1 aromatic carbocycles. The number of hydrogen-bond donors (Lipinski definition) is 1. The van der Waals surface area contributed by atoms with Gasteiger partial charge in [-0.2, -0.15) is 0 Å². The van der Waals surface area contributed by atoms with Gasteiger partial charge in [0.2, 0.25) is 0 Å². The van der Waals surface area contributed by atoms with Crippen molar-refractivity contribution in [1.29, 1.82) is 0 Å². The molecule has 1 aliphatic carbocycles. The van der Waals surface area contributed by atoms with Crippen LogP contribution in [0.4, 0.5) is 0 Å². The van der Waals surface area contributed by atoms with E-state index in [2.05, 4.69) is 26.1 Å². The molecule has 0 spiro atoms. The number of hydrogen-bond acceptors (Lipinski definition) is 2. The van der Waals surface area contributed by atoms with Gasteiger partial charge >= 0.3 is 0 Å². The fourth-order valence-electron chi connectivity index (χ4n) is 1.84. The molecule has 0 atom stereocenters. The Morgan fingerprint density at radius 2 is 2.05 bits per heavy atom. The molecule has 0 aromatic heterocycles. The average molecular weight is 282 g/mol. The van der Waals surface area contributed by atoms with Gasteiger partial charge < -0.3 is 10.1 Å². The van der Waals surface area contributed by atoms with Crippen molar-refractivity contribution < 1.29 is 4.74 Å². The number of nitrogens with one attached hydrogen (secondary N) is 1. The summed E-state index contributed by atoms with van der Waals surface area (Å²) in [6.07, 6.45) is 3.63. The van der Waals surface area contributed by atoms with Crippen LogP contribution in [0.15, 0.2) is 18.2 Å². The molecule has 0 unspecified atom stereocenters.